The Labute approximate surface area is 126 Å². The van der Waals surface area contributed by atoms with E-state index in [1.165, 1.54) is 6.33 Å². The number of H-pyrrole nitrogens is 1. The third kappa shape index (κ3) is 3.43. The second kappa shape index (κ2) is 5.17. The van der Waals surface area contributed by atoms with Crippen LogP contribution in [0.4, 0.5) is 0 Å². The third-order valence-electron chi connectivity index (χ3n) is 3.62. The molecular weight excluding hydrogens is 262 g/mol. The highest BCUT2D eigenvalue weighted by atomic mass is 16.3. The number of aromatic hydroxyl groups is 1. The summed E-state index contributed by atoms with van der Waals surface area (Å²) < 4.78 is 0. The van der Waals surface area contributed by atoms with Gasteiger partial charge in [-0.15, -0.1) is 0 Å². The summed E-state index contributed by atoms with van der Waals surface area (Å²) in [6.07, 6.45) is 2.21. The smallest absolute Gasteiger partial charge is 0.137 e. The summed E-state index contributed by atoms with van der Waals surface area (Å²) in [4.78, 5) is 4.19. The Kier molecular flexibility index (Phi) is 3.83. The van der Waals surface area contributed by atoms with Gasteiger partial charge in [0, 0.05) is 6.42 Å². The molecule has 2 rings (SSSR count). The molecule has 1 heterocycles. The number of nitrogens with zero attached hydrogens (tertiary/aromatic N) is 2. The van der Waals surface area contributed by atoms with Crippen LogP contribution in [-0.4, -0.2) is 20.3 Å². The number of benzene rings is 1. The molecule has 114 valence electrons. The standard InChI is InChI=1S/C17H25N3O/c1-16(2,3)12-7-11(9-14-18-10-19-20-14)8-13(15(12)21)17(4,5)6/h7-8,10,21H,9H2,1-6H3,(H,18,19,20). The van der Waals surface area contributed by atoms with Crippen molar-refractivity contribution in [1.82, 2.24) is 15.2 Å². The average molecular weight is 287 g/mol. The molecule has 0 saturated heterocycles. The van der Waals surface area contributed by atoms with E-state index in [-0.39, 0.29) is 10.8 Å². The zero-order valence-electron chi connectivity index (χ0n) is 13.8. The summed E-state index contributed by atoms with van der Waals surface area (Å²) in [6, 6.07) is 4.15. The highest BCUT2D eigenvalue weighted by molar-refractivity contribution is 5.50. The first-order chi connectivity index (χ1) is 9.59. The van der Waals surface area contributed by atoms with Crippen LogP contribution in [0.2, 0.25) is 0 Å². The molecule has 0 fully saturated rings. The summed E-state index contributed by atoms with van der Waals surface area (Å²) in [5.41, 5.74) is 2.87. The lowest BCUT2D eigenvalue weighted by atomic mass is 9.78. The Morgan fingerprint density at radius 1 is 1.00 bits per heavy atom. The number of hydrogen-bond acceptors (Lipinski definition) is 3. The van der Waals surface area contributed by atoms with Crippen molar-refractivity contribution in [3.05, 3.63) is 41.0 Å². The second-order valence-corrected chi connectivity index (χ2v) is 7.65. The van der Waals surface area contributed by atoms with E-state index in [0.29, 0.717) is 12.2 Å². The fourth-order valence-electron chi connectivity index (χ4n) is 2.45. The van der Waals surface area contributed by atoms with Gasteiger partial charge >= 0.3 is 0 Å². The SMILES string of the molecule is CC(C)(C)c1cc(Cc2ncn[nH]2)cc(C(C)(C)C)c1O. The maximum atomic E-state index is 10.7. The molecule has 21 heavy (non-hydrogen) atoms. The number of rotatable bonds is 2. The van der Waals surface area contributed by atoms with Crippen molar-refractivity contribution in [2.75, 3.05) is 0 Å². The Balaban J connectivity index is 2.56. The minimum absolute atomic E-state index is 0.110. The van der Waals surface area contributed by atoms with Gasteiger partial charge in [0.1, 0.15) is 17.9 Å². The number of aromatic nitrogens is 3. The number of hydrogen-bond donors (Lipinski definition) is 2. The minimum atomic E-state index is -0.110. The lowest BCUT2D eigenvalue weighted by Gasteiger charge is -2.28. The van der Waals surface area contributed by atoms with Crippen molar-refractivity contribution in [1.29, 1.82) is 0 Å². The highest BCUT2D eigenvalue weighted by Gasteiger charge is 2.26. The van der Waals surface area contributed by atoms with Gasteiger partial charge in [0.15, 0.2) is 0 Å². The third-order valence-corrected chi connectivity index (χ3v) is 3.62. The van der Waals surface area contributed by atoms with Gasteiger partial charge in [0.25, 0.3) is 0 Å². The van der Waals surface area contributed by atoms with E-state index < -0.39 is 0 Å². The molecule has 0 radical (unpaired) electrons. The maximum absolute atomic E-state index is 10.7. The summed E-state index contributed by atoms with van der Waals surface area (Å²) in [6.45, 7) is 12.7. The van der Waals surface area contributed by atoms with E-state index in [0.717, 1.165) is 22.5 Å². The first kappa shape index (κ1) is 15.5. The summed E-state index contributed by atoms with van der Waals surface area (Å²) in [5, 5.41) is 17.5. The minimum Gasteiger partial charge on any atom is -0.507 e. The van der Waals surface area contributed by atoms with E-state index in [4.69, 9.17) is 0 Å². The molecule has 0 amide bonds. The van der Waals surface area contributed by atoms with Crippen molar-refractivity contribution >= 4 is 0 Å². The molecule has 0 atom stereocenters. The molecule has 1 aromatic carbocycles. The van der Waals surface area contributed by atoms with Crippen molar-refractivity contribution in [3.8, 4) is 5.75 Å². The molecule has 1 aromatic heterocycles. The molecular formula is C17H25N3O. The average Bonchev–Trinajstić information content (AvgIpc) is 2.81. The Morgan fingerprint density at radius 3 is 1.90 bits per heavy atom. The first-order valence-corrected chi connectivity index (χ1v) is 7.30. The lowest BCUT2D eigenvalue weighted by molar-refractivity contribution is 0.422. The molecule has 0 aliphatic carbocycles. The molecule has 0 aliphatic heterocycles. The van der Waals surface area contributed by atoms with Crippen LogP contribution < -0.4 is 0 Å². The van der Waals surface area contributed by atoms with E-state index >= 15 is 0 Å². The van der Waals surface area contributed by atoms with Crippen molar-refractivity contribution in [3.63, 3.8) is 0 Å². The van der Waals surface area contributed by atoms with Crippen LogP contribution in [0.15, 0.2) is 18.5 Å². The first-order valence-electron chi connectivity index (χ1n) is 7.30. The topological polar surface area (TPSA) is 61.8 Å². The van der Waals surface area contributed by atoms with Gasteiger partial charge in [0.2, 0.25) is 0 Å². The lowest BCUT2D eigenvalue weighted by Crippen LogP contribution is -2.18. The van der Waals surface area contributed by atoms with Crippen LogP contribution in [-0.2, 0) is 17.3 Å². The van der Waals surface area contributed by atoms with E-state index in [2.05, 4.69) is 68.9 Å². The summed E-state index contributed by atoms with van der Waals surface area (Å²) in [7, 11) is 0. The van der Waals surface area contributed by atoms with Crippen molar-refractivity contribution in [2.24, 2.45) is 0 Å². The second-order valence-electron chi connectivity index (χ2n) is 7.65. The molecule has 2 N–H and O–H groups in total. The van der Waals surface area contributed by atoms with E-state index in [9.17, 15) is 5.11 Å². The molecule has 4 heteroatoms. The zero-order chi connectivity index (χ0) is 15.8. The largest absolute Gasteiger partial charge is 0.507 e. The Hall–Kier alpha value is -1.84. The summed E-state index contributed by atoms with van der Waals surface area (Å²) in [5.74, 6) is 1.25. The van der Waals surface area contributed by atoms with Crippen LogP contribution in [0, 0.1) is 0 Å². The van der Waals surface area contributed by atoms with Gasteiger partial charge in [-0.05, 0) is 27.5 Å². The monoisotopic (exact) mass is 287 g/mol. The van der Waals surface area contributed by atoms with Gasteiger partial charge in [-0.25, -0.2) is 4.98 Å². The van der Waals surface area contributed by atoms with Gasteiger partial charge in [-0.2, -0.15) is 5.10 Å². The van der Waals surface area contributed by atoms with Crippen LogP contribution >= 0.6 is 0 Å². The Bertz CT molecular complexity index is 581. The van der Waals surface area contributed by atoms with Gasteiger partial charge in [-0.3, -0.25) is 5.10 Å². The van der Waals surface area contributed by atoms with Crippen molar-refractivity contribution < 1.29 is 5.11 Å². The van der Waals surface area contributed by atoms with E-state index in [1.54, 1.807) is 0 Å². The van der Waals surface area contributed by atoms with E-state index in [1.807, 2.05) is 0 Å². The number of phenolic OH excluding ortho intramolecular Hbond substituents is 1. The molecule has 0 saturated carbocycles. The molecule has 0 bridgehead atoms. The molecule has 0 spiro atoms. The fraction of sp³-hybridized carbons (Fsp3) is 0.529. The van der Waals surface area contributed by atoms with Gasteiger partial charge in [-0.1, -0.05) is 53.7 Å². The predicted molar refractivity (Wildman–Crippen MR) is 84.7 cm³/mol. The van der Waals surface area contributed by atoms with Gasteiger partial charge in [0.05, 0.1) is 0 Å². The highest BCUT2D eigenvalue weighted by Crippen LogP contribution is 2.39. The summed E-state index contributed by atoms with van der Waals surface area (Å²) >= 11 is 0. The molecule has 0 aliphatic rings. The normalized spacial score (nSPS) is 12.7. The molecule has 4 nitrogen and oxygen atoms in total. The number of phenols is 1. The Morgan fingerprint density at radius 2 is 1.52 bits per heavy atom. The van der Waals surface area contributed by atoms with Crippen LogP contribution in [0.25, 0.3) is 0 Å². The maximum Gasteiger partial charge on any atom is 0.137 e. The number of aromatic amines is 1. The van der Waals surface area contributed by atoms with Crippen LogP contribution in [0.3, 0.4) is 0 Å². The fourth-order valence-corrected chi connectivity index (χ4v) is 2.45. The van der Waals surface area contributed by atoms with Crippen molar-refractivity contribution in [2.45, 2.75) is 58.8 Å². The molecule has 2 aromatic rings. The zero-order valence-corrected chi connectivity index (χ0v) is 13.8. The van der Waals surface area contributed by atoms with Crippen LogP contribution in [0.1, 0.15) is 64.1 Å². The molecule has 0 unspecified atom stereocenters. The quantitative estimate of drug-likeness (QED) is 0.885. The van der Waals surface area contributed by atoms with Gasteiger partial charge < -0.3 is 5.11 Å². The number of nitrogens with one attached hydrogen (secondary N) is 1. The van der Waals surface area contributed by atoms with Crippen LogP contribution in [0.5, 0.6) is 5.75 Å². The predicted octanol–water partition coefficient (Wildman–Crippen LogP) is 3.70.